The molecule has 0 fully saturated rings. The van der Waals surface area contributed by atoms with Gasteiger partial charge in [0.1, 0.15) is 24.0 Å². The van der Waals surface area contributed by atoms with E-state index >= 15 is 0 Å². The summed E-state index contributed by atoms with van der Waals surface area (Å²) in [6.07, 6.45) is -0.219. The molecule has 2 N–H and O–H groups in total. The van der Waals surface area contributed by atoms with E-state index in [0.717, 1.165) is 0 Å². The maximum atomic E-state index is 12.1. The summed E-state index contributed by atoms with van der Waals surface area (Å²) in [5.74, 6) is 0.538. The number of ether oxygens (including phenoxy) is 2. The lowest BCUT2D eigenvalue weighted by Crippen LogP contribution is -2.42. The van der Waals surface area contributed by atoms with Gasteiger partial charge in [0, 0.05) is 5.02 Å². The van der Waals surface area contributed by atoms with Gasteiger partial charge in [-0.2, -0.15) is 0 Å². The Morgan fingerprint density at radius 1 is 1.16 bits per heavy atom. The summed E-state index contributed by atoms with van der Waals surface area (Å²) in [6.45, 7) is 9.81. The molecule has 0 aromatic heterocycles. The predicted molar refractivity (Wildman–Crippen MR) is 106 cm³/mol. The topological polar surface area (TPSA) is 61.6 Å². The lowest BCUT2D eigenvalue weighted by molar-refractivity contribution is -0.156. The summed E-state index contributed by atoms with van der Waals surface area (Å²) in [5.41, 5.74) is 5.88. The van der Waals surface area contributed by atoms with Crippen molar-refractivity contribution >= 4 is 41.6 Å². The Kier molecular flexibility index (Phi) is 10.8. The van der Waals surface area contributed by atoms with E-state index < -0.39 is 18.1 Å². The van der Waals surface area contributed by atoms with Crippen molar-refractivity contribution in [2.45, 2.75) is 59.3 Å². The average molecular weight is 413 g/mol. The van der Waals surface area contributed by atoms with E-state index in [2.05, 4.69) is 0 Å². The van der Waals surface area contributed by atoms with Crippen LogP contribution in [0.5, 0.6) is 5.75 Å². The highest BCUT2D eigenvalue weighted by Crippen LogP contribution is 2.30. The minimum Gasteiger partial charge on any atom is -0.485 e. The monoisotopic (exact) mass is 411 g/mol. The Hall–Kier alpha value is -0.680. The molecule has 144 valence electrons. The van der Waals surface area contributed by atoms with Gasteiger partial charge in [-0.1, -0.05) is 50.9 Å². The number of carbonyl (C=O) groups is 1. The Morgan fingerprint density at radius 3 is 2.24 bits per heavy atom. The number of esters is 1. The zero-order chi connectivity index (χ0) is 18.4. The standard InChI is InChI=1S/C18H27Cl2NO3.ClH/c1-10(2)8-15(21)18(22)23-12(5)17(11(3)4)24-16-7-6-13(19)9-14(16)20;/h6-7,9-12,15,17H,8,21H2,1-5H3;1H/t12-,15-,17+;/m0./s1. The molecule has 0 radical (unpaired) electrons. The molecule has 25 heavy (non-hydrogen) atoms. The number of carbonyl (C=O) groups excluding carboxylic acids is 1. The SMILES string of the molecule is CC(C)C[C@H](N)C(=O)O[C@@H](C)[C@H](Oc1ccc(Cl)cc1Cl)C(C)C.Cl. The third-order valence-electron chi connectivity index (χ3n) is 3.61. The van der Waals surface area contributed by atoms with Crippen molar-refractivity contribution in [3.8, 4) is 5.75 Å². The zero-order valence-electron chi connectivity index (χ0n) is 15.3. The van der Waals surface area contributed by atoms with Gasteiger partial charge in [0.2, 0.25) is 0 Å². The Balaban J connectivity index is 0.00000576. The van der Waals surface area contributed by atoms with Gasteiger partial charge < -0.3 is 15.2 Å². The molecule has 1 aromatic carbocycles. The van der Waals surface area contributed by atoms with Crippen molar-refractivity contribution in [3.05, 3.63) is 28.2 Å². The third-order valence-corrected chi connectivity index (χ3v) is 4.14. The molecule has 0 amide bonds. The smallest absolute Gasteiger partial charge is 0.323 e. The van der Waals surface area contributed by atoms with E-state index in [9.17, 15) is 4.79 Å². The van der Waals surface area contributed by atoms with Crippen molar-refractivity contribution in [3.63, 3.8) is 0 Å². The van der Waals surface area contributed by atoms with E-state index in [4.69, 9.17) is 38.4 Å². The molecule has 1 rings (SSSR count). The van der Waals surface area contributed by atoms with Gasteiger partial charge in [0.15, 0.2) is 0 Å². The molecule has 0 aliphatic rings. The molecule has 0 heterocycles. The van der Waals surface area contributed by atoms with Gasteiger partial charge >= 0.3 is 5.97 Å². The normalized spacial score (nSPS) is 14.6. The van der Waals surface area contributed by atoms with Crippen molar-refractivity contribution < 1.29 is 14.3 Å². The first kappa shape index (κ1) is 24.3. The molecule has 1 aromatic rings. The molecular weight excluding hydrogens is 385 g/mol. The second-order valence-electron chi connectivity index (χ2n) is 6.78. The number of hydrogen-bond donors (Lipinski definition) is 1. The lowest BCUT2D eigenvalue weighted by Gasteiger charge is -2.29. The lowest BCUT2D eigenvalue weighted by atomic mass is 10.0. The fourth-order valence-electron chi connectivity index (χ4n) is 2.43. The van der Waals surface area contributed by atoms with Crippen LogP contribution in [-0.2, 0) is 9.53 Å². The zero-order valence-corrected chi connectivity index (χ0v) is 17.6. The van der Waals surface area contributed by atoms with Crippen LogP contribution in [-0.4, -0.2) is 24.2 Å². The van der Waals surface area contributed by atoms with Crippen LogP contribution in [0.2, 0.25) is 10.0 Å². The van der Waals surface area contributed by atoms with Crippen molar-refractivity contribution in [2.24, 2.45) is 17.6 Å². The summed E-state index contributed by atoms with van der Waals surface area (Å²) in [6, 6.07) is 4.40. The van der Waals surface area contributed by atoms with Crippen LogP contribution in [0, 0.1) is 11.8 Å². The summed E-state index contributed by atoms with van der Waals surface area (Å²) >= 11 is 12.1. The average Bonchev–Trinajstić information content (AvgIpc) is 2.44. The largest absolute Gasteiger partial charge is 0.485 e. The highest BCUT2D eigenvalue weighted by molar-refractivity contribution is 6.35. The van der Waals surface area contributed by atoms with Crippen molar-refractivity contribution in [2.75, 3.05) is 0 Å². The molecule has 7 heteroatoms. The highest BCUT2D eigenvalue weighted by Gasteiger charge is 2.29. The summed E-state index contributed by atoms with van der Waals surface area (Å²) in [5, 5.41) is 0.954. The second-order valence-corrected chi connectivity index (χ2v) is 7.62. The molecule has 0 saturated heterocycles. The molecule has 0 saturated carbocycles. The molecule has 0 aliphatic heterocycles. The van der Waals surface area contributed by atoms with E-state index in [1.807, 2.05) is 27.7 Å². The Morgan fingerprint density at radius 2 is 1.76 bits per heavy atom. The highest BCUT2D eigenvalue weighted by atomic mass is 35.5. The van der Waals surface area contributed by atoms with Gasteiger partial charge in [-0.25, -0.2) is 0 Å². The molecule has 0 unspecified atom stereocenters. The maximum absolute atomic E-state index is 12.1. The quantitative estimate of drug-likeness (QED) is 0.602. The fourth-order valence-corrected chi connectivity index (χ4v) is 2.89. The molecule has 4 nitrogen and oxygen atoms in total. The molecule has 0 spiro atoms. The van der Waals surface area contributed by atoms with E-state index in [-0.39, 0.29) is 24.4 Å². The Labute approximate surface area is 166 Å². The number of hydrogen-bond acceptors (Lipinski definition) is 4. The van der Waals surface area contributed by atoms with Crippen LogP contribution in [0.25, 0.3) is 0 Å². The predicted octanol–water partition coefficient (Wildman–Crippen LogP) is 5.12. The minimum atomic E-state index is -0.626. The van der Waals surface area contributed by atoms with E-state index in [0.29, 0.717) is 28.1 Å². The molecule has 0 aliphatic carbocycles. The van der Waals surface area contributed by atoms with Crippen LogP contribution in [0.4, 0.5) is 0 Å². The van der Waals surface area contributed by atoms with Gasteiger partial charge in [-0.3, -0.25) is 4.79 Å². The van der Waals surface area contributed by atoms with Crippen LogP contribution in [0.3, 0.4) is 0 Å². The summed E-state index contributed by atoms with van der Waals surface area (Å²) < 4.78 is 11.5. The van der Waals surface area contributed by atoms with Crippen molar-refractivity contribution in [1.29, 1.82) is 0 Å². The van der Waals surface area contributed by atoms with E-state index in [1.165, 1.54) is 0 Å². The number of rotatable bonds is 8. The first-order valence-electron chi connectivity index (χ1n) is 8.19. The number of benzene rings is 1. The Bertz CT molecular complexity index is 552. The minimum absolute atomic E-state index is 0. The van der Waals surface area contributed by atoms with Gasteiger partial charge in [-0.15, -0.1) is 12.4 Å². The van der Waals surface area contributed by atoms with Crippen LogP contribution in [0.1, 0.15) is 41.0 Å². The van der Waals surface area contributed by atoms with Crippen LogP contribution < -0.4 is 10.5 Å². The summed E-state index contributed by atoms with van der Waals surface area (Å²) in [7, 11) is 0. The van der Waals surface area contributed by atoms with Gasteiger partial charge in [-0.05, 0) is 43.4 Å². The maximum Gasteiger partial charge on any atom is 0.323 e. The van der Waals surface area contributed by atoms with E-state index in [1.54, 1.807) is 25.1 Å². The van der Waals surface area contributed by atoms with Crippen LogP contribution in [0.15, 0.2) is 18.2 Å². The number of nitrogens with two attached hydrogens (primary N) is 1. The summed E-state index contributed by atoms with van der Waals surface area (Å²) in [4.78, 5) is 12.1. The number of halogens is 3. The third kappa shape index (κ3) is 8.04. The first-order valence-corrected chi connectivity index (χ1v) is 8.95. The molecule has 3 atom stereocenters. The van der Waals surface area contributed by atoms with Gasteiger partial charge in [0.25, 0.3) is 0 Å². The molecular formula is C18H28Cl3NO3. The van der Waals surface area contributed by atoms with Crippen molar-refractivity contribution in [1.82, 2.24) is 0 Å². The first-order chi connectivity index (χ1) is 11.1. The molecule has 0 bridgehead atoms. The van der Waals surface area contributed by atoms with Crippen LogP contribution >= 0.6 is 35.6 Å². The fraction of sp³-hybridized carbons (Fsp3) is 0.611. The second kappa shape index (κ2) is 11.1. The van der Waals surface area contributed by atoms with Gasteiger partial charge in [0.05, 0.1) is 5.02 Å².